The van der Waals surface area contributed by atoms with Crippen molar-refractivity contribution in [3.8, 4) is 0 Å². The van der Waals surface area contributed by atoms with Crippen molar-refractivity contribution in [2.45, 2.75) is 31.6 Å². The van der Waals surface area contributed by atoms with Crippen LogP contribution < -0.4 is 5.32 Å². The molecule has 2 rings (SSSR count). The second-order valence-electron chi connectivity index (χ2n) is 3.71. The zero-order valence-corrected chi connectivity index (χ0v) is 7.14. The molecule has 1 unspecified atom stereocenters. The number of nitrogens with one attached hydrogen (secondary N) is 1. The van der Waals surface area contributed by atoms with E-state index >= 15 is 0 Å². The molecule has 1 N–H and O–H groups in total. The molecule has 0 saturated carbocycles. The summed E-state index contributed by atoms with van der Waals surface area (Å²) in [5, 5.41) is 3.38. The van der Waals surface area contributed by atoms with E-state index in [1.165, 1.54) is 0 Å². The van der Waals surface area contributed by atoms with Gasteiger partial charge in [-0.3, -0.25) is 5.32 Å². The van der Waals surface area contributed by atoms with Gasteiger partial charge in [-0.1, -0.05) is 0 Å². The molecule has 2 saturated heterocycles. The maximum absolute atomic E-state index is 5.68. The van der Waals surface area contributed by atoms with Crippen LogP contribution in [0.1, 0.15) is 20.3 Å². The van der Waals surface area contributed by atoms with E-state index in [0.717, 1.165) is 26.2 Å². The topological polar surface area (TPSA) is 30.5 Å². The predicted octanol–water partition coefficient (Wildman–Crippen LogP) is 0.501. The molecule has 0 amide bonds. The van der Waals surface area contributed by atoms with Crippen LogP contribution in [0.5, 0.6) is 0 Å². The molecule has 0 aromatic heterocycles. The fraction of sp³-hybridized carbons (Fsp3) is 1.00. The average molecular weight is 157 g/mol. The minimum atomic E-state index is -0.188. The van der Waals surface area contributed by atoms with Gasteiger partial charge in [-0.2, -0.15) is 0 Å². The lowest BCUT2D eigenvalue weighted by atomic mass is 9.95. The molecule has 3 nitrogen and oxygen atoms in total. The van der Waals surface area contributed by atoms with Crippen molar-refractivity contribution in [2.24, 2.45) is 0 Å². The second kappa shape index (κ2) is 2.19. The smallest absolute Gasteiger partial charge is 0.150 e. The summed E-state index contributed by atoms with van der Waals surface area (Å²) < 4.78 is 11.3. The first-order valence-corrected chi connectivity index (χ1v) is 4.19. The van der Waals surface area contributed by atoms with Crippen LogP contribution in [-0.4, -0.2) is 31.1 Å². The van der Waals surface area contributed by atoms with E-state index in [4.69, 9.17) is 9.47 Å². The van der Waals surface area contributed by atoms with Gasteiger partial charge < -0.3 is 9.47 Å². The Morgan fingerprint density at radius 2 is 2.00 bits per heavy atom. The Morgan fingerprint density at radius 3 is 2.45 bits per heavy atom. The third kappa shape index (κ3) is 0.916. The van der Waals surface area contributed by atoms with E-state index in [2.05, 4.69) is 19.2 Å². The number of ether oxygens (including phenoxy) is 2. The molecule has 2 heterocycles. The highest BCUT2D eigenvalue weighted by molar-refractivity contribution is 5.01. The van der Waals surface area contributed by atoms with E-state index in [1.54, 1.807) is 0 Å². The van der Waals surface area contributed by atoms with Crippen molar-refractivity contribution >= 4 is 0 Å². The number of hydrogen-bond acceptors (Lipinski definition) is 3. The first-order chi connectivity index (χ1) is 5.16. The molecular formula is C8H15NO2. The molecule has 2 aliphatic heterocycles. The maximum Gasteiger partial charge on any atom is 0.150 e. The van der Waals surface area contributed by atoms with Gasteiger partial charge in [0.25, 0.3) is 0 Å². The Kier molecular flexibility index (Phi) is 1.50. The molecule has 64 valence electrons. The summed E-state index contributed by atoms with van der Waals surface area (Å²) in [7, 11) is 0. The SMILES string of the molecule is CC1(C)OCCC12NCCO2. The standard InChI is InChI=1S/C8H15NO2/c1-7(2)8(3-5-10-7)9-4-6-11-8/h9H,3-6H2,1-2H3. The van der Waals surface area contributed by atoms with Crippen LogP contribution in [0.4, 0.5) is 0 Å². The van der Waals surface area contributed by atoms with E-state index in [1.807, 2.05) is 0 Å². The molecule has 3 heteroatoms. The van der Waals surface area contributed by atoms with Gasteiger partial charge in [0.2, 0.25) is 0 Å². The van der Waals surface area contributed by atoms with Gasteiger partial charge in [0, 0.05) is 13.0 Å². The van der Waals surface area contributed by atoms with Crippen molar-refractivity contribution in [3.05, 3.63) is 0 Å². The van der Waals surface area contributed by atoms with E-state index in [-0.39, 0.29) is 11.3 Å². The molecule has 1 spiro atoms. The van der Waals surface area contributed by atoms with Crippen LogP contribution in [0.3, 0.4) is 0 Å². The Labute approximate surface area is 67.1 Å². The van der Waals surface area contributed by atoms with Crippen LogP contribution in [0, 0.1) is 0 Å². The lowest BCUT2D eigenvalue weighted by Crippen LogP contribution is -2.54. The van der Waals surface area contributed by atoms with Gasteiger partial charge >= 0.3 is 0 Å². The zero-order valence-electron chi connectivity index (χ0n) is 7.14. The highest BCUT2D eigenvalue weighted by Crippen LogP contribution is 2.38. The fourth-order valence-electron chi connectivity index (χ4n) is 1.94. The summed E-state index contributed by atoms with van der Waals surface area (Å²) in [4.78, 5) is 0. The molecule has 0 aromatic carbocycles. The largest absolute Gasteiger partial charge is 0.371 e. The first-order valence-electron chi connectivity index (χ1n) is 4.19. The first kappa shape index (κ1) is 7.53. The Balaban J connectivity index is 2.22. The molecule has 1 atom stereocenters. The normalized spacial score (nSPS) is 42.0. The van der Waals surface area contributed by atoms with Gasteiger partial charge in [-0.15, -0.1) is 0 Å². The van der Waals surface area contributed by atoms with Crippen LogP contribution >= 0.6 is 0 Å². The van der Waals surface area contributed by atoms with Crippen molar-refractivity contribution in [2.75, 3.05) is 19.8 Å². The summed E-state index contributed by atoms with van der Waals surface area (Å²) in [6, 6.07) is 0. The van der Waals surface area contributed by atoms with Crippen LogP contribution in [-0.2, 0) is 9.47 Å². The van der Waals surface area contributed by atoms with Crippen molar-refractivity contribution < 1.29 is 9.47 Å². The highest BCUT2D eigenvalue weighted by atomic mass is 16.6. The van der Waals surface area contributed by atoms with Crippen molar-refractivity contribution in [1.29, 1.82) is 0 Å². The van der Waals surface area contributed by atoms with Gasteiger partial charge in [-0.05, 0) is 13.8 Å². The summed E-state index contributed by atoms with van der Waals surface area (Å²) in [5.41, 5.74) is -0.351. The Bertz CT molecular complexity index is 156. The molecule has 2 fully saturated rings. The van der Waals surface area contributed by atoms with Gasteiger partial charge in [-0.25, -0.2) is 0 Å². The van der Waals surface area contributed by atoms with Crippen LogP contribution in [0.25, 0.3) is 0 Å². The Morgan fingerprint density at radius 1 is 1.18 bits per heavy atom. The minimum absolute atomic E-state index is 0.163. The monoisotopic (exact) mass is 157 g/mol. The van der Waals surface area contributed by atoms with E-state index in [9.17, 15) is 0 Å². The Hall–Kier alpha value is -0.120. The number of hydrogen-bond donors (Lipinski definition) is 1. The molecule has 0 bridgehead atoms. The lowest BCUT2D eigenvalue weighted by molar-refractivity contribution is -0.118. The zero-order chi connectivity index (χ0) is 7.95. The number of rotatable bonds is 0. The van der Waals surface area contributed by atoms with Crippen molar-refractivity contribution in [1.82, 2.24) is 5.32 Å². The molecule has 0 aliphatic carbocycles. The highest BCUT2D eigenvalue weighted by Gasteiger charge is 2.53. The molecule has 2 aliphatic rings. The van der Waals surface area contributed by atoms with Gasteiger partial charge in [0.15, 0.2) is 0 Å². The molecule has 0 aromatic rings. The van der Waals surface area contributed by atoms with Gasteiger partial charge in [0.1, 0.15) is 11.3 Å². The predicted molar refractivity (Wildman–Crippen MR) is 41.3 cm³/mol. The minimum Gasteiger partial charge on any atom is -0.371 e. The summed E-state index contributed by atoms with van der Waals surface area (Å²) in [6.07, 6.45) is 0.972. The average Bonchev–Trinajstić information content (AvgIpc) is 2.45. The van der Waals surface area contributed by atoms with Crippen molar-refractivity contribution in [3.63, 3.8) is 0 Å². The maximum atomic E-state index is 5.68. The summed E-state index contributed by atoms with van der Waals surface area (Å²) in [6.45, 7) is 6.73. The summed E-state index contributed by atoms with van der Waals surface area (Å²) >= 11 is 0. The summed E-state index contributed by atoms with van der Waals surface area (Å²) in [5.74, 6) is 0. The fourth-order valence-corrected chi connectivity index (χ4v) is 1.94. The van der Waals surface area contributed by atoms with Crippen LogP contribution in [0.2, 0.25) is 0 Å². The third-order valence-electron chi connectivity index (χ3n) is 2.75. The van der Waals surface area contributed by atoms with Gasteiger partial charge in [0.05, 0.1) is 13.2 Å². The molecule has 11 heavy (non-hydrogen) atoms. The van der Waals surface area contributed by atoms with Crippen LogP contribution in [0.15, 0.2) is 0 Å². The quantitative estimate of drug-likeness (QED) is 0.555. The molecule has 0 radical (unpaired) electrons. The third-order valence-corrected chi connectivity index (χ3v) is 2.75. The van der Waals surface area contributed by atoms with E-state index in [0.29, 0.717) is 0 Å². The second-order valence-corrected chi connectivity index (χ2v) is 3.71. The lowest BCUT2D eigenvalue weighted by Gasteiger charge is -2.35. The van der Waals surface area contributed by atoms with E-state index < -0.39 is 0 Å². The molecular weight excluding hydrogens is 142 g/mol.